The van der Waals surface area contributed by atoms with Crippen molar-refractivity contribution in [3.8, 4) is 10.6 Å². The van der Waals surface area contributed by atoms with Crippen molar-refractivity contribution in [2.45, 2.75) is 6.42 Å². The van der Waals surface area contributed by atoms with Gasteiger partial charge in [0.1, 0.15) is 0 Å². The molecule has 0 unspecified atom stereocenters. The van der Waals surface area contributed by atoms with E-state index in [1.807, 2.05) is 41.8 Å². The van der Waals surface area contributed by atoms with Crippen molar-refractivity contribution in [2.24, 2.45) is 0 Å². The summed E-state index contributed by atoms with van der Waals surface area (Å²) in [5.41, 5.74) is 2.75. The number of aromatic nitrogens is 2. The van der Waals surface area contributed by atoms with E-state index in [4.69, 9.17) is 0 Å². The molecule has 2 aromatic carbocycles. The Hall–Kier alpha value is -2.92. The van der Waals surface area contributed by atoms with Crippen molar-refractivity contribution in [2.75, 3.05) is 5.32 Å². The monoisotopic (exact) mass is 335 g/mol. The van der Waals surface area contributed by atoms with Crippen molar-refractivity contribution < 1.29 is 6.22 Å². The second-order valence-electron chi connectivity index (χ2n) is 5.50. The zero-order valence-electron chi connectivity index (χ0n) is 12.8. The van der Waals surface area contributed by atoms with Gasteiger partial charge in [-0.15, -0.1) is 11.3 Å². The maximum absolute atomic E-state index is 12.5. The molecular formula is C19H17N3OS. The Morgan fingerprint density at radius 3 is 2.88 bits per heavy atom. The minimum atomic E-state index is -0.0227. The number of hydrogen-bond donors (Lipinski definition) is 2. The van der Waals surface area contributed by atoms with Gasteiger partial charge in [0.2, 0.25) is 5.91 Å². The molecule has 2 aromatic heterocycles. The second-order valence-corrected chi connectivity index (χ2v) is 6.41. The summed E-state index contributed by atoms with van der Waals surface area (Å²) in [6, 6.07) is 18.0. The SMILES string of the molecule is O=C(Cc1cccc2ccccc12)Nc1ccsc1-c1ccn[nH]1.[HH]. The first-order valence-corrected chi connectivity index (χ1v) is 8.53. The van der Waals surface area contributed by atoms with Crippen LogP contribution in [0.1, 0.15) is 6.99 Å². The van der Waals surface area contributed by atoms with Gasteiger partial charge in [-0.3, -0.25) is 9.89 Å². The van der Waals surface area contributed by atoms with E-state index in [2.05, 4.69) is 33.7 Å². The molecule has 120 valence electrons. The van der Waals surface area contributed by atoms with Gasteiger partial charge < -0.3 is 5.32 Å². The van der Waals surface area contributed by atoms with Gasteiger partial charge in [-0.2, -0.15) is 5.10 Å². The van der Waals surface area contributed by atoms with Crippen LogP contribution in [0.25, 0.3) is 21.3 Å². The van der Waals surface area contributed by atoms with Crippen LogP contribution in [0.3, 0.4) is 0 Å². The van der Waals surface area contributed by atoms with Crippen LogP contribution in [-0.2, 0) is 11.2 Å². The third-order valence-corrected chi connectivity index (χ3v) is 4.86. The van der Waals surface area contributed by atoms with Gasteiger partial charge in [0.25, 0.3) is 0 Å². The molecule has 1 amide bonds. The number of hydrogen-bond acceptors (Lipinski definition) is 3. The number of thiophene rings is 1. The number of aromatic amines is 1. The quantitative estimate of drug-likeness (QED) is 0.567. The Bertz CT molecular complexity index is 990. The fraction of sp³-hybridized carbons (Fsp3) is 0.0526. The number of H-pyrrole nitrogens is 1. The second kappa shape index (κ2) is 6.29. The Balaban J connectivity index is 0.00000182. The highest BCUT2D eigenvalue weighted by molar-refractivity contribution is 7.14. The first-order chi connectivity index (χ1) is 11.8. The molecule has 0 atom stereocenters. The van der Waals surface area contributed by atoms with Crippen molar-refractivity contribution in [1.82, 2.24) is 10.2 Å². The van der Waals surface area contributed by atoms with E-state index >= 15 is 0 Å². The summed E-state index contributed by atoms with van der Waals surface area (Å²) in [4.78, 5) is 13.5. The highest BCUT2D eigenvalue weighted by Gasteiger charge is 2.12. The molecule has 4 nitrogen and oxygen atoms in total. The van der Waals surface area contributed by atoms with E-state index < -0.39 is 0 Å². The topological polar surface area (TPSA) is 57.8 Å². The molecule has 0 bridgehead atoms. The summed E-state index contributed by atoms with van der Waals surface area (Å²) in [6.45, 7) is 0. The first-order valence-electron chi connectivity index (χ1n) is 7.65. The normalized spacial score (nSPS) is 10.8. The third kappa shape index (κ3) is 2.81. The summed E-state index contributed by atoms with van der Waals surface area (Å²) in [5, 5.41) is 14.2. The molecule has 0 aliphatic rings. The summed E-state index contributed by atoms with van der Waals surface area (Å²) in [5.74, 6) is -0.0227. The molecule has 4 rings (SSSR count). The van der Waals surface area contributed by atoms with Crippen molar-refractivity contribution in [3.63, 3.8) is 0 Å². The largest absolute Gasteiger partial charge is 0.324 e. The minimum absolute atomic E-state index is 0. The van der Waals surface area contributed by atoms with Crippen LogP contribution < -0.4 is 5.32 Å². The third-order valence-electron chi connectivity index (χ3n) is 3.92. The van der Waals surface area contributed by atoms with E-state index in [9.17, 15) is 4.79 Å². The van der Waals surface area contributed by atoms with Crippen LogP contribution in [0.15, 0.2) is 66.2 Å². The fourth-order valence-electron chi connectivity index (χ4n) is 2.81. The van der Waals surface area contributed by atoms with Crippen LogP contribution in [-0.4, -0.2) is 16.1 Å². The van der Waals surface area contributed by atoms with Crippen molar-refractivity contribution >= 4 is 33.7 Å². The van der Waals surface area contributed by atoms with Gasteiger partial charge in [0, 0.05) is 7.62 Å². The molecule has 24 heavy (non-hydrogen) atoms. The van der Waals surface area contributed by atoms with E-state index in [1.165, 1.54) is 0 Å². The van der Waals surface area contributed by atoms with Crippen LogP contribution in [0.2, 0.25) is 0 Å². The Morgan fingerprint density at radius 2 is 2.00 bits per heavy atom. The maximum Gasteiger partial charge on any atom is 0.228 e. The summed E-state index contributed by atoms with van der Waals surface area (Å²) >= 11 is 1.57. The lowest BCUT2D eigenvalue weighted by atomic mass is 10.0. The number of anilines is 1. The summed E-state index contributed by atoms with van der Waals surface area (Å²) in [7, 11) is 0. The van der Waals surface area contributed by atoms with Gasteiger partial charge >= 0.3 is 0 Å². The number of fused-ring (bicyclic) bond motifs is 1. The van der Waals surface area contributed by atoms with Crippen molar-refractivity contribution in [1.29, 1.82) is 0 Å². The van der Waals surface area contributed by atoms with Crippen molar-refractivity contribution in [3.05, 3.63) is 71.7 Å². The number of carbonyl (C=O) groups excluding carboxylic acids is 1. The van der Waals surface area contributed by atoms with Gasteiger partial charge in [0.15, 0.2) is 0 Å². The molecular weight excluding hydrogens is 318 g/mol. The Morgan fingerprint density at radius 1 is 1.12 bits per heavy atom. The van der Waals surface area contributed by atoms with Gasteiger partial charge in [-0.1, -0.05) is 42.5 Å². The molecule has 0 aliphatic heterocycles. The van der Waals surface area contributed by atoms with E-state index in [0.717, 1.165) is 32.6 Å². The lowest BCUT2D eigenvalue weighted by Gasteiger charge is -2.08. The van der Waals surface area contributed by atoms with Crippen LogP contribution in [0.4, 0.5) is 5.69 Å². The minimum Gasteiger partial charge on any atom is -0.324 e. The molecule has 0 saturated heterocycles. The molecule has 2 N–H and O–H groups in total. The number of amides is 1. The van der Waals surface area contributed by atoms with Crippen LogP contribution in [0, 0.1) is 0 Å². The Kier molecular flexibility index (Phi) is 3.84. The van der Waals surface area contributed by atoms with Crippen LogP contribution in [0.5, 0.6) is 0 Å². The van der Waals surface area contributed by atoms with Gasteiger partial charge in [-0.25, -0.2) is 0 Å². The average Bonchev–Trinajstić information content (AvgIpc) is 3.26. The molecule has 0 aliphatic carbocycles. The lowest BCUT2D eigenvalue weighted by molar-refractivity contribution is -0.115. The van der Waals surface area contributed by atoms with Gasteiger partial charge in [-0.05, 0) is 33.8 Å². The van der Waals surface area contributed by atoms with E-state index in [0.29, 0.717) is 6.42 Å². The van der Waals surface area contributed by atoms with E-state index in [-0.39, 0.29) is 7.33 Å². The molecule has 0 fully saturated rings. The van der Waals surface area contributed by atoms with E-state index in [1.54, 1.807) is 17.5 Å². The maximum atomic E-state index is 12.5. The molecule has 4 aromatic rings. The highest BCUT2D eigenvalue weighted by Crippen LogP contribution is 2.32. The molecule has 0 saturated carbocycles. The Labute approximate surface area is 144 Å². The number of nitrogens with zero attached hydrogens (tertiary/aromatic N) is 1. The molecule has 0 spiro atoms. The zero-order valence-corrected chi connectivity index (χ0v) is 13.6. The predicted octanol–water partition coefficient (Wildman–Crippen LogP) is 4.72. The summed E-state index contributed by atoms with van der Waals surface area (Å²) < 4.78 is 0. The molecule has 5 heteroatoms. The highest BCUT2D eigenvalue weighted by atomic mass is 32.1. The first kappa shape index (κ1) is 14.7. The zero-order chi connectivity index (χ0) is 16.4. The summed E-state index contributed by atoms with van der Waals surface area (Å²) in [6.07, 6.45) is 2.05. The van der Waals surface area contributed by atoms with Crippen LogP contribution >= 0.6 is 11.3 Å². The number of rotatable bonds is 4. The average molecular weight is 335 g/mol. The lowest BCUT2D eigenvalue weighted by Crippen LogP contribution is -2.14. The predicted molar refractivity (Wildman–Crippen MR) is 100 cm³/mol. The number of carbonyl (C=O) groups is 1. The molecule has 2 heterocycles. The standard InChI is InChI=1S/C19H15N3OS.H2/c23-18(12-14-6-3-5-13-4-1-2-7-15(13)14)21-16-9-11-24-19(16)17-8-10-20-22-17;/h1-11H,12H2,(H,20,22)(H,21,23);1H. The number of benzene rings is 2. The number of nitrogens with one attached hydrogen (secondary N) is 2. The smallest absolute Gasteiger partial charge is 0.228 e. The van der Waals surface area contributed by atoms with Gasteiger partial charge in [0.05, 0.1) is 22.7 Å². The molecule has 0 radical (unpaired) electrons. The fourth-order valence-corrected chi connectivity index (χ4v) is 3.64.